The zero-order chi connectivity index (χ0) is 26.9. The summed E-state index contributed by atoms with van der Waals surface area (Å²) in [6.07, 6.45) is 13.5. The molecule has 0 aliphatic rings. The molecule has 0 aromatic heterocycles. The van der Waals surface area contributed by atoms with Gasteiger partial charge in [0.2, 0.25) is 0 Å². The van der Waals surface area contributed by atoms with E-state index in [1.165, 1.54) is 42.5 Å². The van der Waals surface area contributed by atoms with Crippen molar-refractivity contribution in [3.63, 3.8) is 0 Å². The van der Waals surface area contributed by atoms with Gasteiger partial charge in [0.15, 0.2) is 0 Å². The summed E-state index contributed by atoms with van der Waals surface area (Å²) in [7, 11) is 3.75. The smallest absolute Gasteiger partial charge is 0.130 e. The molecular weight excluding hydrogens is 443 g/mol. The van der Waals surface area contributed by atoms with Crippen molar-refractivity contribution in [3.8, 4) is 0 Å². The van der Waals surface area contributed by atoms with Crippen molar-refractivity contribution in [2.45, 2.75) is 86.5 Å². The van der Waals surface area contributed by atoms with Gasteiger partial charge >= 0.3 is 0 Å². The van der Waals surface area contributed by atoms with E-state index in [2.05, 4.69) is 67.8 Å². The van der Waals surface area contributed by atoms with Gasteiger partial charge in [0.05, 0.1) is 0 Å². The Morgan fingerprint density at radius 2 is 1.72 bits per heavy atom. The minimum atomic E-state index is -0.183. The Balaban J connectivity index is 0.00000205. The van der Waals surface area contributed by atoms with Crippen LogP contribution in [0.1, 0.15) is 89.0 Å². The van der Waals surface area contributed by atoms with Gasteiger partial charge in [-0.2, -0.15) is 0 Å². The van der Waals surface area contributed by atoms with Gasteiger partial charge in [0.25, 0.3) is 0 Å². The molecule has 198 valence electrons. The number of hydrogen-bond donors (Lipinski definition) is 2. The molecule has 0 saturated heterocycles. The van der Waals surface area contributed by atoms with Crippen LogP contribution in [-0.4, -0.2) is 14.1 Å². The third-order valence-electron chi connectivity index (χ3n) is 6.22. The van der Waals surface area contributed by atoms with Crippen LogP contribution in [-0.2, 0) is 12.8 Å². The number of unbranched alkanes of at least 4 members (excludes halogenated alkanes) is 3. The van der Waals surface area contributed by atoms with Crippen molar-refractivity contribution >= 4 is 16.9 Å². The van der Waals surface area contributed by atoms with Crippen molar-refractivity contribution < 1.29 is 4.39 Å². The molecule has 0 spiro atoms. The van der Waals surface area contributed by atoms with E-state index in [4.69, 9.17) is 0 Å². The van der Waals surface area contributed by atoms with E-state index >= 15 is 4.39 Å². The number of allylic oxidation sites excluding steroid dienone is 6. The van der Waals surface area contributed by atoms with E-state index in [1.54, 1.807) is 6.08 Å². The Hall–Kier alpha value is -2.65. The third kappa shape index (κ3) is 10.1. The van der Waals surface area contributed by atoms with E-state index in [0.29, 0.717) is 5.57 Å². The van der Waals surface area contributed by atoms with Crippen LogP contribution >= 0.6 is 0 Å². The summed E-state index contributed by atoms with van der Waals surface area (Å²) in [6, 6.07) is 12.8. The molecule has 2 aromatic rings. The van der Waals surface area contributed by atoms with Crippen LogP contribution in [0.15, 0.2) is 66.0 Å². The predicted molar refractivity (Wildman–Crippen MR) is 160 cm³/mol. The molecule has 0 aliphatic heterocycles. The quantitative estimate of drug-likeness (QED) is 0.227. The standard InChI is InChI=1S/C31H42FN.C2H7N/c1-7-11-12-13-17-27-25(10-4)16-14-18-31(27)33-26-20-19-24(6)29(22-26)28(15-8-2)30(32)21-23(5)9-3;1-3-2/h9,14-16,18-22,33H,7-8,10-13,17H2,1-6H3;3H,1-2H3/b23-9-,28-15+,30-21+;. The summed E-state index contributed by atoms with van der Waals surface area (Å²) < 4.78 is 15.2. The number of benzene rings is 2. The summed E-state index contributed by atoms with van der Waals surface area (Å²) in [5.41, 5.74) is 8.59. The Bertz CT molecular complexity index is 1010. The van der Waals surface area contributed by atoms with E-state index in [-0.39, 0.29) is 5.83 Å². The molecule has 0 heterocycles. The molecule has 2 nitrogen and oxygen atoms in total. The number of hydrogen-bond acceptors (Lipinski definition) is 2. The lowest BCUT2D eigenvalue weighted by Crippen LogP contribution is -2.02. The lowest BCUT2D eigenvalue weighted by atomic mass is 9.95. The predicted octanol–water partition coefficient (Wildman–Crippen LogP) is 9.87. The van der Waals surface area contributed by atoms with E-state index in [0.717, 1.165) is 41.6 Å². The van der Waals surface area contributed by atoms with Crippen molar-refractivity contribution in [3.05, 3.63) is 88.3 Å². The maximum Gasteiger partial charge on any atom is 0.130 e. The molecule has 0 fully saturated rings. The first-order chi connectivity index (χ1) is 17.4. The van der Waals surface area contributed by atoms with Crippen molar-refractivity contribution in [1.82, 2.24) is 5.32 Å². The average molecular weight is 493 g/mol. The molecule has 36 heavy (non-hydrogen) atoms. The SMILES string of the molecule is CNC.C\C=C(C)/C=C(F)\C(=C\CC)c1cc(Nc2cccc(CC)c2CCCCCC)ccc1C. The van der Waals surface area contributed by atoms with Gasteiger partial charge in [0, 0.05) is 16.9 Å². The highest BCUT2D eigenvalue weighted by Gasteiger charge is 2.13. The number of nitrogens with one attached hydrogen (secondary N) is 2. The lowest BCUT2D eigenvalue weighted by molar-refractivity contribution is 0.665. The maximum atomic E-state index is 15.2. The Morgan fingerprint density at radius 1 is 1.00 bits per heavy atom. The summed E-state index contributed by atoms with van der Waals surface area (Å²) >= 11 is 0. The minimum absolute atomic E-state index is 0.183. The number of rotatable bonds is 12. The number of anilines is 2. The molecule has 2 N–H and O–H groups in total. The highest BCUT2D eigenvalue weighted by molar-refractivity contribution is 5.82. The Morgan fingerprint density at radius 3 is 2.33 bits per heavy atom. The van der Waals surface area contributed by atoms with Gasteiger partial charge in [-0.1, -0.05) is 76.0 Å². The van der Waals surface area contributed by atoms with Crippen molar-refractivity contribution in [2.75, 3.05) is 19.4 Å². The molecule has 2 rings (SSSR count). The van der Waals surface area contributed by atoms with Crippen molar-refractivity contribution in [1.29, 1.82) is 0 Å². The summed E-state index contributed by atoms with van der Waals surface area (Å²) in [6.45, 7) is 12.4. The molecule has 0 radical (unpaired) electrons. The fourth-order valence-electron chi connectivity index (χ4n) is 4.15. The van der Waals surface area contributed by atoms with Crippen LogP contribution in [0.3, 0.4) is 0 Å². The Labute approximate surface area is 220 Å². The molecule has 0 bridgehead atoms. The second-order valence-corrected chi connectivity index (χ2v) is 9.31. The molecule has 3 heteroatoms. The van der Waals surface area contributed by atoms with Gasteiger partial charge in [0.1, 0.15) is 5.83 Å². The average Bonchev–Trinajstić information content (AvgIpc) is 2.87. The number of halogens is 1. The summed E-state index contributed by atoms with van der Waals surface area (Å²) in [5.74, 6) is -0.183. The van der Waals surface area contributed by atoms with Crippen LogP contribution in [0, 0.1) is 6.92 Å². The van der Waals surface area contributed by atoms with Gasteiger partial charge in [-0.05, 0) is 107 Å². The van der Waals surface area contributed by atoms with Crippen LogP contribution in [0.25, 0.3) is 5.57 Å². The second kappa shape index (κ2) is 17.7. The van der Waals surface area contributed by atoms with E-state index < -0.39 is 0 Å². The molecule has 0 amide bonds. The molecule has 0 aliphatic carbocycles. The zero-order valence-electron chi connectivity index (χ0n) is 24.0. The first-order valence-corrected chi connectivity index (χ1v) is 13.6. The second-order valence-electron chi connectivity index (χ2n) is 9.31. The molecule has 2 aromatic carbocycles. The van der Waals surface area contributed by atoms with Gasteiger partial charge in [-0.15, -0.1) is 0 Å². The van der Waals surface area contributed by atoms with Crippen LogP contribution < -0.4 is 10.6 Å². The van der Waals surface area contributed by atoms with Gasteiger partial charge < -0.3 is 10.6 Å². The largest absolute Gasteiger partial charge is 0.355 e. The summed E-state index contributed by atoms with van der Waals surface area (Å²) in [4.78, 5) is 0. The highest BCUT2D eigenvalue weighted by atomic mass is 19.1. The van der Waals surface area contributed by atoms with E-state index in [1.807, 2.05) is 47.0 Å². The highest BCUT2D eigenvalue weighted by Crippen LogP contribution is 2.33. The van der Waals surface area contributed by atoms with Crippen LogP contribution in [0.2, 0.25) is 0 Å². The maximum absolute atomic E-state index is 15.2. The monoisotopic (exact) mass is 492 g/mol. The molecule has 0 unspecified atom stereocenters. The Kier molecular flexibility index (Phi) is 15.5. The van der Waals surface area contributed by atoms with Crippen LogP contribution in [0.4, 0.5) is 15.8 Å². The van der Waals surface area contributed by atoms with Gasteiger partial charge in [-0.3, -0.25) is 0 Å². The number of aryl methyl sites for hydroxylation is 2. The third-order valence-corrected chi connectivity index (χ3v) is 6.22. The van der Waals surface area contributed by atoms with E-state index in [9.17, 15) is 0 Å². The molecular formula is C33H49FN2. The fourth-order valence-corrected chi connectivity index (χ4v) is 4.15. The normalized spacial score (nSPS) is 12.3. The van der Waals surface area contributed by atoms with Crippen LogP contribution in [0.5, 0.6) is 0 Å². The molecule has 0 atom stereocenters. The molecule has 0 saturated carbocycles. The topological polar surface area (TPSA) is 24.1 Å². The van der Waals surface area contributed by atoms with Gasteiger partial charge in [-0.25, -0.2) is 4.39 Å². The fraction of sp³-hybridized carbons (Fsp3) is 0.455. The zero-order valence-corrected chi connectivity index (χ0v) is 24.0. The lowest BCUT2D eigenvalue weighted by Gasteiger charge is -2.18. The first kappa shape index (κ1) is 31.4. The first-order valence-electron chi connectivity index (χ1n) is 13.6. The summed E-state index contributed by atoms with van der Waals surface area (Å²) in [5, 5.41) is 6.41. The minimum Gasteiger partial charge on any atom is -0.355 e. The van der Waals surface area contributed by atoms with Crippen molar-refractivity contribution in [2.24, 2.45) is 0 Å².